The Hall–Kier alpha value is -3.79. The van der Waals surface area contributed by atoms with Gasteiger partial charge in [-0.1, -0.05) is 43.2 Å². The van der Waals surface area contributed by atoms with Crippen molar-refractivity contribution in [3.63, 3.8) is 0 Å². The second-order valence-electron chi connectivity index (χ2n) is 9.62. The second-order valence-corrected chi connectivity index (χ2v) is 11.5. The van der Waals surface area contributed by atoms with Crippen LogP contribution in [-0.4, -0.2) is 43.8 Å². The summed E-state index contributed by atoms with van der Waals surface area (Å²) in [7, 11) is -4.23. The molecule has 206 valence electrons. The first kappa shape index (κ1) is 28.2. The SMILES string of the molecule is C[C@H](C(=O)NC1CCCC1)N(Cc1ccc(F)cc1)C(=O)CN(c1ccc(F)cc1)S(=O)(=O)c1ccccc1. The lowest BCUT2D eigenvalue weighted by molar-refractivity contribution is -0.139. The molecular weight excluding hydrogens is 524 g/mol. The minimum Gasteiger partial charge on any atom is -0.352 e. The van der Waals surface area contributed by atoms with Gasteiger partial charge in [-0.15, -0.1) is 0 Å². The van der Waals surface area contributed by atoms with E-state index in [1.165, 1.54) is 53.4 Å². The largest absolute Gasteiger partial charge is 0.352 e. The fraction of sp³-hybridized carbons (Fsp3) is 0.310. The molecule has 4 rings (SSSR count). The van der Waals surface area contributed by atoms with Gasteiger partial charge >= 0.3 is 0 Å². The number of hydrogen-bond acceptors (Lipinski definition) is 4. The Morgan fingerprint density at radius 3 is 2.05 bits per heavy atom. The summed E-state index contributed by atoms with van der Waals surface area (Å²) in [6.45, 7) is 0.908. The molecule has 0 spiro atoms. The number of hydrogen-bond donors (Lipinski definition) is 1. The highest BCUT2D eigenvalue weighted by molar-refractivity contribution is 7.92. The van der Waals surface area contributed by atoms with E-state index in [0.717, 1.165) is 42.1 Å². The molecule has 0 bridgehead atoms. The van der Waals surface area contributed by atoms with E-state index in [9.17, 15) is 26.8 Å². The number of halogens is 2. The fourth-order valence-corrected chi connectivity index (χ4v) is 6.05. The molecule has 0 saturated heterocycles. The van der Waals surface area contributed by atoms with Crippen molar-refractivity contribution in [3.05, 3.63) is 96.1 Å². The average Bonchev–Trinajstić information content (AvgIpc) is 3.45. The average molecular weight is 556 g/mol. The van der Waals surface area contributed by atoms with Crippen LogP contribution in [0.5, 0.6) is 0 Å². The Morgan fingerprint density at radius 2 is 1.46 bits per heavy atom. The third kappa shape index (κ3) is 7.00. The molecule has 2 amide bonds. The van der Waals surface area contributed by atoms with Crippen molar-refractivity contribution in [2.24, 2.45) is 0 Å². The Balaban J connectivity index is 1.66. The molecule has 0 aromatic heterocycles. The smallest absolute Gasteiger partial charge is 0.264 e. The van der Waals surface area contributed by atoms with Gasteiger partial charge in [0.2, 0.25) is 11.8 Å². The van der Waals surface area contributed by atoms with Crippen molar-refractivity contribution in [3.8, 4) is 0 Å². The first-order valence-corrected chi connectivity index (χ1v) is 14.3. The predicted octanol–water partition coefficient (Wildman–Crippen LogP) is 4.64. The molecule has 10 heteroatoms. The van der Waals surface area contributed by atoms with Gasteiger partial charge in [0.1, 0.15) is 24.2 Å². The minimum atomic E-state index is -4.23. The van der Waals surface area contributed by atoms with Crippen LogP contribution in [0.3, 0.4) is 0 Å². The van der Waals surface area contributed by atoms with Gasteiger partial charge in [0, 0.05) is 12.6 Å². The quantitative estimate of drug-likeness (QED) is 0.395. The monoisotopic (exact) mass is 555 g/mol. The van der Waals surface area contributed by atoms with Crippen LogP contribution in [0.25, 0.3) is 0 Å². The van der Waals surface area contributed by atoms with Crippen LogP contribution >= 0.6 is 0 Å². The molecule has 3 aromatic carbocycles. The minimum absolute atomic E-state index is 0.0249. The maximum atomic E-state index is 13.8. The second kappa shape index (κ2) is 12.4. The van der Waals surface area contributed by atoms with E-state index in [1.807, 2.05) is 0 Å². The van der Waals surface area contributed by atoms with Gasteiger partial charge in [-0.05, 0) is 73.9 Å². The van der Waals surface area contributed by atoms with Gasteiger partial charge in [-0.25, -0.2) is 17.2 Å². The molecule has 1 aliphatic carbocycles. The summed E-state index contributed by atoms with van der Waals surface area (Å²) >= 11 is 0. The van der Waals surface area contributed by atoms with E-state index < -0.39 is 40.2 Å². The summed E-state index contributed by atoms with van der Waals surface area (Å²) < 4.78 is 55.4. The highest BCUT2D eigenvalue weighted by Gasteiger charge is 2.33. The van der Waals surface area contributed by atoms with E-state index >= 15 is 0 Å². The molecule has 1 saturated carbocycles. The Morgan fingerprint density at radius 1 is 0.897 bits per heavy atom. The first-order chi connectivity index (χ1) is 18.6. The molecule has 7 nitrogen and oxygen atoms in total. The molecule has 3 aromatic rings. The van der Waals surface area contributed by atoms with Gasteiger partial charge in [-0.2, -0.15) is 0 Å². The normalized spacial score (nSPS) is 14.5. The van der Waals surface area contributed by atoms with Gasteiger partial charge in [0.25, 0.3) is 10.0 Å². The maximum Gasteiger partial charge on any atom is 0.264 e. The van der Waals surface area contributed by atoms with E-state index in [-0.39, 0.29) is 29.1 Å². The van der Waals surface area contributed by atoms with Gasteiger partial charge in [0.05, 0.1) is 10.6 Å². The number of nitrogens with zero attached hydrogens (tertiary/aromatic N) is 2. The number of amides is 2. The topological polar surface area (TPSA) is 86.8 Å². The lowest BCUT2D eigenvalue weighted by Crippen LogP contribution is -2.52. The standard InChI is InChI=1S/C29H31F2N3O4S/c1-21(29(36)32-25-7-5-6-8-25)33(19-22-11-13-23(30)14-12-22)28(35)20-34(26-17-15-24(31)16-18-26)39(37,38)27-9-3-2-4-10-27/h2-4,9-18,21,25H,5-8,19-20H2,1H3,(H,32,36)/t21-/m1/s1. The number of sulfonamides is 1. The summed E-state index contributed by atoms with van der Waals surface area (Å²) in [5.74, 6) is -1.99. The van der Waals surface area contributed by atoms with Gasteiger partial charge in [0.15, 0.2) is 0 Å². The molecule has 0 heterocycles. The Bertz CT molecular complexity index is 1380. The maximum absolute atomic E-state index is 13.8. The van der Waals surface area contributed by atoms with Crippen molar-refractivity contribution in [2.45, 2.75) is 56.1 Å². The van der Waals surface area contributed by atoms with Crippen LogP contribution in [0.1, 0.15) is 38.2 Å². The highest BCUT2D eigenvalue weighted by Crippen LogP contribution is 2.25. The Labute approximate surface area is 227 Å². The van der Waals surface area contributed by atoms with Crippen LogP contribution in [0, 0.1) is 11.6 Å². The number of benzene rings is 3. The lowest BCUT2D eigenvalue weighted by Gasteiger charge is -2.32. The first-order valence-electron chi connectivity index (χ1n) is 12.8. The summed E-state index contributed by atoms with van der Waals surface area (Å²) in [5.41, 5.74) is 0.669. The Kier molecular flexibility index (Phi) is 8.96. The summed E-state index contributed by atoms with van der Waals surface area (Å²) in [6, 6.07) is 17.0. The van der Waals surface area contributed by atoms with Gasteiger partial charge < -0.3 is 10.2 Å². The molecular formula is C29H31F2N3O4S. The molecule has 0 radical (unpaired) electrons. The number of nitrogens with one attached hydrogen (secondary N) is 1. The molecule has 1 aliphatic rings. The number of carbonyl (C=O) groups excluding carboxylic acids is 2. The molecule has 1 atom stereocenters. The third-order valence-corrected chi connectivity index (χ3v) is 8.65. The molecule has 0 aliphatic heterocycles. The zero-order chi connectivity index (χ0) is 28.0. The van der Waals surface area contributed by atoms with Crippen molar-refractivity contribution < 1.29 is 26.8 Å². The lowest BCUT2D eigenvalue weighted by atomic mass is 10.1. The molecule has 1 fully saturated rings. The van der Waals surface area contributed by atoms with E-state index in [1.54, 1.807) is 25.1 Å². The van der Waals surface area contributed by atoms with Crippen LogP contribution in [0.2, 0.25) is 0 Å². The van der Waals surface area contributed by atoms with Crippen LogP contribution in [-0.2, 0) is 26.2 Å². The number of anilines is 1. The van der Waals surface area contributed by atoms with E-state index in [0.29, 0.717) is 5.56 Å². The molecule has 1 N–H and O–H groups in total. The summed E-state index contributed by atoms with van der Waals surface area (Å²) in [6.07, 6.45) is 3.75. The van der Waals surface area contributed by atoms with Crippen molar-refractivity contribution in [1.82, 2.24) is 10.2 Å². The van der Waals surface area contributed by atoms with E-state index in [2.05, 4.69) is 5.32 Å². The summed E-state index contributed by atoms with van der Waals surface area (Å²) in [4.78, 5) is 28.2. The van der Waals surface area contributed by atoms with Crippen molar-refractivity contribution >= 4 is 27.5 Å². The highest BCUT2D eigenvalue weighted by atomic mass is 32.2. The molecule has 39 heavy (non-hydrogen) atoms. The third-order valence-electron chi connectivity index (χ3n) is 6.86. The van der Waals surface area contributed by atoms with Crippen LogP contribution in [0.4, 0.5) is 14.5 Å². The number of rotatable bonds is 10. The number of carbonyl (C=O) groups is 2. The molecule has 0 unspecified atom stereocenters. The fourth-order valence-electron chi connectivity index (χ4n) is 4.62. The summed E-state index contributed by atoms with van der Waals surface area (Å²) in [5, 5.41) is 2.99. The predicted molar refractivity (Wildman–Crippen MR) is 144 cm³/mol. The zero-order valence-corrected chi connectivity index (χ0v) is 22.4. The van der Waals surface area contributed by atoms with Crippen molar-refractivity contribution in [1.29, 1.82) is 0 Å². The van der Waals surface area contributed by atoms with Gasteiger partial charge in [-0.3, -0.25) is 13.9 Å². The zero-order valence-electron chi connectivity index (χ0n) is 21.6. The van der Waals surface area contributed by atoms with E-state index in [4.69, 9.17) is 0 Å². The van der Waals surface area contributed by atoms with Crippen molar-refractivity contribution in [2.75, 3.05) is 10.8 Å². The van der Waals surface area contributed by atoms with Crippen LogP contribution < -0.4 is 9.62 Å². The van der Waals surface area contributed by atoms with Crippen LogP contribution in [0.15, 0.2) is 83.8 Å².